The molecular formula is C13H19BrN2O2. The fraction of sp³-hybridized carbons (Fsp3) is 0.462. The number of hydrogen-bond acceptors (Lipinski definition) is 3. The first-order valence-electron chi connectivity index (χ1n) is 5.99. The van der Waals surface area contributed by atoms with Crippen molar-refractivity contribution in [3.8, 4) is 5.75 Å². The van der Waals surface area contributed by atoms with Gasteiger partial charge in [0.2, 0.25) is 0 Å². The number of hydrogen-bond donors (Lipinski definition) is 3. The van der Waals surface area contributed by atoms with Crippen molar-refractivity contribution in [2.75, 3.05) is 6.54 Å². The van der Waals surface area contributed by atoms with Crippen molar-refractivity contribution in [3.63, 3.8) is 0 Å². The third-order valence-electron chi connectivity index (χ3n) is 3.33. The van der Waals surface area contributed by atoms with Crippen LogP contribution >= 0.6 is 15.9 Å². The second-order valence-corrected chi connectivity index (χ2v) is 5.17. The zero-order valence-electron chi connectivity index (χ0n) is 10.7. The lowest BCUT2D eigenvalue weighted by Gasteiger charge is -2.31. The number of halogens is 1. The van der Waals surface area contributed by atoms with Crippen molar-refractivity contribution in [1.82, 2.24) is 5.32 Å². The van der Waals surface area contributed by atoms with E-state index >= 15 is 0 Å². The van der Waals surface area contributed by atoms with Gasteiger partial charge in [0, 0.05) is 12.1 Å². The molecule has 1 aromatic carbocycles. The standard InChI is InChI=1S/C13H19BrN2O2/c1-3-13(4-2,8-15)16-12(18)9-5-6-10(14)11(17)7-9/h5-7,17H,3-4,8,15H2,1-2H3,(H,16,18). The van der Waals surface area contributed by atoms with Gasteiger partial charge in [0.25, 0.3) is 5.91 Å². The minimum absolute atomic E-state index is 0.0500. The van der Waals surface area contributed by atoms with Crippen LogP contribution < -0.4 is 11.1 Å². The van der Waals surface area contributed by atoms with E-state index in [1.165, 1.54) is 6.07 Å². The Hall–Kier alpha value is -1.07. The van der Waals surface area contributed by atoms with Gasteiger partial charge in [0.05, 0.1) is 10.0 Å². The first-order valence-corrected chi connectivity index (χ1v) is 6.78. The highest BCUT2D eigenvalue weighted by molar-refractivity contribution is 9.10. The molecule has 4 N–H and O–H groups in total. The summed E-state index contributed by atoms with van der Waals surface area (Å²) in [6, 6.07) is 4.74. The molecule has 4 nitrogen and oxygen atoms in total. The van der Waals surface area contributed by atoms with Crippen LogP contribution in [0.4, 0.5) is 0 Å². The molecule has 100 valence electrons. The van der Waals surface area contributed by atoms with Crippen LogP contribution in [0.5, 0.6) is 5.75 Å². The maximum absolute atomic E-state index is 12.1. The van der Waals surface area contributed by atoms with Crippen molar-refractivity contribution < 1.29 is 9.90 Å². The van der Waals surface area contributed by atoms with E-state index < -0.39 is 0 Å². The maximum Gasteiger partial charge on any atom is 0.251 e. The Morgan fingerprint density at radius 2 is 2.06 bits per heavy atom. The third kappa shape index (κ3) is 3.23. The first-order chi connectivity index (χ1) is 8.48. The average Bonchev–Trinajstić information content (AvgIpc) is 2.39. The largest absolute Gasteiger partial charge is 0.507 e. The van der Waals surface area contributed by atoms with Gasteiger partial charge in [-0.15, -0.1) is 0 Å². The number of nitrogens with two attached hydrogens (primary N) is 1. The molecular weight excluding hydrogens is 296 g/mol. The molecule has 1 amide bonds. The smallest absolute Gasteiger partial charge is 0.251 e. The molecule has 0 aromatic heterocycles. The van der Waals surface area contributed by atoms with E-state index in [0.29, 0.717) is 16.6 Å². The number of benzene rings is 1. The number of phenols is 1. The summed E-state index contributed by atoms with van der Waals surface area (Å²) in [6.07, 6.45) is 1.54. The predicted octanol–water partition coefficient (Wildman–Crippen LogP) is 2.40. The van der Waals surface area contributed by atoms with Crippen LogP contribution in [-0.2, 0) is 0 Å². The number of rotatable bonds is 5. The second-order valence-electron chi connectivity index (χ2n) is 4.31. The molecule has 5 heteroatoms. The fourth-order valence-corrected chi connectivity index (χ4v) is 1.98. The monoisotopic (exact) mass is 314 g/mol. The molecule has 0 aliphatic heterocycles. The molecule has 0 saturated heterocycles. The molecule has 0 bridgehead atoms. The summed E-state index contributed by atoms with van der Waals surface area (Å²) >= 11 is 3.18. The molecule has 0 spiro atoms. The highest BCUT2D eigenvalue weighted by atomic mass is 79.9. The number of amides is 1. The van der Waals surface area contributed by atoms with Crippen molar-refractivity contribution in [3.05, 3.63) is 28.2 Å². The third-order valence-corrected chi connectivity index (χ3v) is 4.00. The minimum Gasteiger partial charge on any atom is -0.507 e. The molecule has 0 fully saturated rings. The van der Waals surface area contributed by atoms with Crippen LogP contribution in [0, 0.1) is 0 Å². The van der Waals surface area contributed by atoms with E-state index in [-0.39, 0.29) is 17.2 Å². The van der Waals surface area contributed by atoms with E-state index in [1.807, 2.05) is 13.8 Å². The summed E-state index contributed by atoms with van der Waals surface area (Å²) in [5.74, 6) is -0.166. The van der Waals surface area contributed by atoms with Gasteiger partial charge in [-0.3, -0.25) is 4.79 Å². The van der Waals surface area contributed by atoms with E-state index in [2.05, 4.69) is 21.2 Å². The van der Waals surface area contributed by atoms with Crippen molar-refractivity contribution >= 4 is 21.8 Å². The summed E-state index contributed by atoms with van der Waals surface area (Å²) < 4.78 is 0.565. The molecule has 0 radical (unpaired) electrons. The van der Waals surface area contributed by atoms with Crippen molar-refractivity contribution in [2.24, 2.45) is 5.73 Å². The Morgan fingerprint density at radius 3 is 2.50 bits per heavy atom. The summed E-state index contributed by atoms with van der Waals surface area (Å²) in [6.45, 7) is 4.39. The van der Waals surface area contributed by atoms with E-state index in [1.54, 1.807) is 12.1 Å². The molecule has 0 atom stereocenters. The van der Waals surface area contributed by atoms with E-state index in [0.717, 1.165) is 12.8 Å². The maximum atomic E-state index is 12.1. The van der Waals surface area contributed by atoms with Gasteiger partial charge in [-0.25, -0.2) is 0 Å². The molecule has 1 rings (SSSR count). The normalized spacial score (nSPS) is 11.3. The van der Waals surface area contributed by atoms with Gasteiger partial charge < -0.3 is 16.2 Å². The van der Waals surface area contributed by atoms with E-state index in [9.17, 15) is 9.90 Å². The molecule has 1 aromatic rings. The van der Waals surface area contributed by atoms with Gasteiger partial charge in [0.1, 0.15) is 5.75 Å². The highest BCUT2D eigenvalue weighted by Crippen LogP contribution is 2.24. The number of nitrogens with one attached hydrogen (secondary N) is 1. The summed E-state index contributed by atoms with van der Waals surface area (Å²) in [4.78, 5) is 12.1. The zero-order valence-corrected chi connectivity index (χ0v) is 12.3. The van der Waals surface area contributed by atoms with Crippen LogP contribution in [0.2, 0.25) is 0 Å². The van der Waals surface area contributed by atoms with Gasteiger partial charge in [-0.1, -0.05) is 13.8 Å². The van der Waals surface area contributed by atoms with Crippen LogP contribution in [-0.4, -0.2) is 23.1 Å². The first kappa shape index (κ1) is 15.0. The molecule has 0 saturated carbocycles. The summed E-state index contributed by atoms with van der Waals surface area (Å²) in [5, 5.41) is 12.5. The number of aromatic hydroxyl groups is 1. The Labute approximate surface area is 116 Å². The Balaban J connectivity index is 2.90. The Morgan fingerprint density at radius 1 is 1.44 bits per heavy atom. The molecule has 0 heterocycles. The number of phenolic OH excluding ortho intramolecular Hbond substituents is 1. The van der Waals surface area contributed by atoms with Crippen molar-refractivity contribution in [1.29, 1.82) is 0 Å². The van der Waals surface area contributed by atoms with Crippen molar-refractivity contribution in [2.45, 2.75) is 32.2 Å². The van der Waals surface area contributed by atoms with Crippen LogP contribution in [0.15, 0.2) is 22.7 Å². The van der Waals surface area contributed by atoms with Gasteiger partial charge in [-0.05, 0) is 47.0 Å². The Kier molecular flexibility index (Phi) is 5.16. The summed E-state index contributed by atoms with van der Waals surface area (Å²) in [5.41, 5.74) is 5.79. The van der Waals surface area contributed by atoms with Gasteiger partial charge >= 0.3 is 0 Å². The van der Waals surface area contributed by atoms with Crippen LogP contribution in [0.1, 0.15) is 37.0 Å². The van der Waals surface area contributed by atoms with Crippen LogP contribution in [0.25, 0.3) is 0 Å². The SMILES string of the molecule is CCC(CC)(CN)NC(=O)c1ccc(Br)c(O)c1. The fourth-order valence-electron chi connectivity index (χ4n) is 1.73. The summed E-state index contributed by atoms with van der Waals surface area (Å²) in [7, 11) is 0. The Bertz CT molecular complexity index is 423. The molecule has 0 aliphatic rings. The highest BCUT2D eigenvalue weighted by Gasteiger charge is 2.26. The van der Waals surface area contributed by atoms with Crippen LogP contribution in [0.3, 0.4) is 0 Å². The lowest BCUT2D eigenvalue weighted by atomic mass is 9.92. The van der Waals surface area contributed by atoms with Gasteiger partial charge in [-0.2, -0.15) is 0 Å². The predicted molar refractivity (Wildman–Crippen MR) is 75.6 cm³/mol. The lowest BCUT2D eigenvalue weighted by Crippen LogP contribution is -2.52. The lowest BCUT2D eigenvalue weighted by molar-refractivity contribution is 0.0895. The van der Waals surface area contributed by atoms with E-state index in [4.69, 9.17) is 5.73 Å². The average molecular weight is 315 g/mol. The molecule has 18 heavy (non-hydrogen) atoms. The quantitative estimate of drug-likeness (QED) is 0.781. The topological polar surface area (TPSA) is 75.3 Å². The van der Waals surface area contributed by atoms with Gasteiger partial charge in [0.15, 0.2) is 0 Å². The molecule has 0 unspecified atom stereocenters. The zero-order chi connectivity index (χ0) is 13.8. The number of carbonyl (C=O) groups excluding carboxylic acids is 1. The second kappa shape index (κ2) is 6.20. The minimum atomic E-state index is -0.375. The molecule has 0 aliphatic carbocycles. The number of carbonyl (C=O) groups is 1.